The molecule has 1 heterocycles. The fourth-order valence-electron chi connectivity index (χ4n) is 4.21. The van der Waals surface area contributed by atoms with Crippen LogP contribution in [0.1, 0.15) is 41.1 Å². The number of unbranched alkanes of at least 4 members (excludes halogenated alkanes) is 1. The van der Waals surface area contributed by atoms with Crippen molar-refractivity contribution in [2.24, 2.45) is 0 Å². The van der Waals surface area contributed by atoms with E-state index in [4.69, 9.17) is 9.57 Å². The third-order valence-electron chi connectivity index (χ3n) is 6.15. The third kappa shape index (κ3) is 7.18. The summed E-state index contributed by atoms with van der Waals surface area (Å²) >= 11 is 0. The Morgan fingerprint density at radius 3 is 2.08 bits per heavy atom. The highest BCUT2D eigenvalue weighted by atomic mass is 16.7. The minimum Gasteiger partial charge on any atom is -0.447 e. The van der Waals surface area contributed by atoms with Crippen molar-refractivity contribution in [1.29, 1.82) is 0 Å². The van der Waals surface area contributed by atoms with E-state index in [-0.39, 0.29) is 25.6 Å². The SMILES string of the molecule is O=C(Cc1ccc(CCCCc2ccccc2)cc1)NOC(=O)CN1C(=O)OCC1c1ccccc1. The smallest absolute Gasteiger partial charge is 0.411 e. The van der Waals surface area contributed by atoms with Gasteiger partial charge in [0.05, 0.1) is 12.5 Å². The maximum atomic E-state index is 12.3. The van der Waals surface area contributed by atoms with Crippen LogP contribution in [0.25, 0.3) is 0 Å². The maximum Gasteiger partial charge on any atom is 0.411 e. The van der Waals surface area contributed by atoms with Gasteiger partial charge in [-0.2, -0.15) is 5.48 Å². The normalized spacial score (nSPS) is 14.8. The fourth-order valence-corrected chi connectivity index (χ4v) is 4.21. The topological polar surface area (TPSA) is 84.9 Å². The molecule has 186 valence electrons. The van der Waals surface area contributed by atoms with Crippen LogP contribution < -0.4 is 5.48 Å². The highest BCUT2D eigenvalue weighted by Gasteiger charge is 2.35. The highest BCUT2D eigenvalue weighted by molar-refractivity contribution is 5.82. The van der Waals surface area contributed by atoms with Gasteiger partial charge in [-0.05, 0) is 47.9 Å². The van der Waals surface area contributed by atoms with Crippen molar-refractivity contribution in [3.63, 3.8) is 0 Å². The summed E-state index contributed by atoms with van der Waals surface area (Å²) in [5.41, 5.74) is 6.45. The Morgan fingerprint density at radius 1 is 0.833 bits per heavy atom. The lowest BCUT2D eigenvalue weighted by molar-refractivity contribution is -0.158. The number of cyclic esters (lactones) is 1. The van der Waals surface area contributed by atoms with Crippen LogP contribution in [0.3, 0.4) is 0 Å². The van der Waals surface area contributed by atoms with Crippen LogP contribution in [0.5, 0.6) is 0 Å². The Balaban J connectivity index is 1.17. The van der Waals surface area contributed by atoms with Crippen LogP contribution in [0.4, 0.5) is 4.79 Å². The van der Waals surface area contributed by atoms with Crippen molar-refractivity contribution in [3.8, 4) is 0 Å². The van der Waals surface area contributed by atoms with Crippen molar-refractivity contribution in [1.82, 2.24) is 10.4 Å². The van der Waals surface area contributed by atoms with Gasteiger partial charge in [-0.15, -0.1) is 0 Å². The zero-order valence-electron chi connectivity index (χ0n) is 20.1. The molecule has 1 N–H and O–H groups in total. The van der Waals surface area contributed by atoms with E-state index in [0.29, 0.717) is 0 Å². The number of carbonyl (C=O) groups is 3. The van der Waals surface area contributed by atoms with Crippen LogP contribution in [0.2, 0.25) is 0 Å². The quantitative estimate of drug-likeness (QED) is 0.335. The van der Waals surface area contributed by atoms with Crippen molar-refractivity contribution in [2.45, 2.75) is 38.1 Å². The van der Waals surface area contributed by atoms with Gasteiger partial charge in [-0.1, -0.05) is 84.9 Å². The first-order chi connectivity index (χ1) is 17.6. The molecule has 1 atom stereocenters. The maximum absolute atomic E-state index is 12.3. The molecule has 36 heavy (non-hydrogen) atoms. The van der Waals surface area contributed by atoms with Gasteiger partial charge < -0.3 is 9.57 Å². The fraction of sp³-hybridized carbons (Fsp3) is 0.276. The van der Waals surface area contributed by atoms with Crippen LogP contribution in [-0.4, -0.2) is 36.0 Å². The Bertz CT molecular complexity index is 1150. The number of carbonyl (C=O) groups excluding carboxylic acids is 3. The largest absolute Gasteiger partial charge is 0.447 e. The van der Waals surface area contributed by atoms with E-state index in [0.717, 1.165) is 36.8 Å². The molecule has 4 rings (SSSR count). The van der Waals surface area contributed by atoms with Gasteiger partial charge in [-0.25, -0.2) is 9.59 Å². The molecule has 7 nitrogen and oxygen atoms in total. The molecule has 0 spiro atoms. The van der Waals surface area contributed by atoms with Crippen LogP contribution in [0.15, 0.2) is 84.9 Å². The van der Waals surface area contributed by atoms with E-state index >= 15 is 0 Å². The Morgan fingerprint density at radius 2 is 1.42 bits per heavy atom. The number of nitrogens with zero attached hydrogens (tertiary/aromatic N) is 1. The summed E-state index contributed by atoms with van der Waals surface area (Å²) in [6.07, 6.45) is 3.78. The molecule has 1 fully saturated rings. The van der Waals surface area contributed by atoms with Gasteiger partial charge >= 0.3 is 12.1 Å². The van der Waals surface area contributed by atoms with E-state index in [1.54, 1.807) is 0 Å². The van der Waals surface area contributed by atoms with Crippen molar-refractivity contribution in [3.05, 3.63) is 107 Å². The molecule has 0 radical (unpaired) electrons. The summed E-state index contributed by atoms with van der Waals surface area (Å²) in [4.78, 5) is 42.8. The molecule has 2 amide bonds. The molecular weight excluding hydrogens is 456 g/mol. The van der Waals surface area contributed by atoms with Gasteiger partial charge in [0.1, 0.15) is 13.2 Å². The highest BCUT2D eigenvalue weighted by Crippen LogP contribution is 2.27. The summed E-state index contributed by atoms with van der Waals surface area (Å²) < 4.78 is 5.09. The molecule has 1 unspecified atom stereocenters. The molecule has 1 aliphatic heterocycles. The standard InChI is InChI=1S/C29H30N2O5/c32-27(19-24-17-15-23(16-18-24)12-8-7-11-22-9-3-1-4-10-22)30-36-28(33)20-31-26(21-35-29(31)34)25-13-5-2-6-14-25/h1-6,9-10,13-18,26H,7-8,11-12,19-21H2,(H,30,32). The summed E-state index contributed by atoms with van der Waals surface area (Å²) in [5.74, 6) is -1.18. The third-order valence-corrected chi connectivity index (χ3v) is 6.15. The summed E-state index contributed by atoms with van der Waals surface area (Å²) in [7, 11) is 0. The first kappa shape index (κ1) is 25.0. The summed E-state index contributed by atoms with van der Waals surface area (Å²) in [6.45, 7) is -0.164. The van der Waals surface area contributed by atoms with E-state index < -0.39 is 18.0 Å². The Labute approximate surface area is 211 Å². The monoisotopic (exact) mass is 486 g/mol. The van der Waals surface area contributed by atoms with Gasteiger partial charge in [0, 0.05) is 0 Å². The van der Waals surface area contributed by atoms with E-state index in [2.05, 4.69) is 29.7 Å². The molecule has 0 saturated carbocycles. The Hall–Kier alpha value is -4.13. The number of rotatable bonds is 10. The molecule has 1 aliphatic rings. The predicted octanol–water partition coefficient (Wildman–Crippen LogP) is 4.56. The molecule has 3 aromatic rings. The molecule has 1 saturated heterocycles. The van der Waals surface area contributed by atoms with Crippen LogP contribution in [0, 0.1) is 0 Å². The number of ether oxygens (including phenoxy) is 1. The molecule has 3 aromatic carbocycles. The zero-order chi connectivity index (χ0) is 25.2. The second kappa shape index (κ2) is 12.5. The predicted molar refractivity (Wildman–Crippen MR) is 135 cm³/mol. The second-order valence-electron chi connectivity index (χ2n) is 8.82. The summed E-state index contributed by atoms with van der Waals surface area (Å²) in [6, 6.07) is 27.3. The lowest BCUT2D eigenvalue weighted by Gasteiger charge is -2.20. The summed E-state index contributed by atoms with van der Waals surface area (Å²) in [5, 5.41) is 0. The Kier molecular flexibility index (Phi) is 8.70. The lowest BCUT2D eigenvalue weighted by atomic mass is 10.0. The minimum atomic E-state index is -0.742. The van der Waals surface area contributed by atoms with Gasteiger partial charge in [-0.3, -0.25) is 9.69 Å². The first-order valence-electron chi connectivity index (χ1n) is 12.2. The van der Waals surface area contributed by atoms with E-state index in [1.807, 2.05) is 60.7 Å². The molecule has 7 heteroatoms. The first-order valence-corrected chi connectivity index (χ1v) is 12.2. The molecular formula is C29H30N2O5. The second-order valence-corrected chi connectivity index (χ2v) is 8.82. The number of aryl methyl sites for hydroxylation is 2. The zero-order valence-corrected chi connectivity index (χ0v) is 20.1. The molecule has 0 aliphatic carbocycles. The average Bonchev–Trinajstić information content (AvgIpc) is 3.27. The van der Waals surface area contributed by atoms with Gasteiger partial charge in [0.15, 0.2) is 0 Å². The van der Waals surface area contributed by atoms with Crippen molar-refractivity contribution in [2.75, 3.05) is 13.2 Å². The number of hydrogen-bond donors (Lipinski definition) is 1. The average molecular weight is 487 g/mol. The van der Waals surface area contributed by atoms with Gasteiger partial charge in [0.25, 0.3) is 5.91 Å². The van der Waals surface area contributed by atoms with Crippen molar-refractivity contribution >= 4 is 18.0 Å². The number of benzene rings is 3. The minimum absolute atomic E-state index is 0.0833. The van der Waals surface area contributed by atoms with Crippen molar-refractivity contribution < 1.29 is 24.0 Å². The molecule has 0 bridgehead atoms. The number of nitrogens with one attached hydrogen (secondary N) is 1. The number of hydrogen-bond acceptors (Lipinski definition) is 5. The van der Waals surface area contributed by atoms with Crippen LogP contribution in [-0.2, 0) is 38.4 Å². The molecule has 0 aromatic heterocycles. The van der Waals surface area contributed by atoms with E-state index in [1.165, 1.54) is 16.0 Å². The number of hydroxylamine groups is 1. The van der Waals surface area contributed by atoms with Crippen LogP contribution >= 0.6 is 0 Å². The lowest BCUT2D eigenvalue weighted by Crippen LogP contribution is -2.37. The van der Waals surface area contributed by atoms with E-state index in [9.17, 15) is 14.4 Å². The number of amides is 2. The van der Waals surface area contributed by atoms with Gasteiger partial charge in [0.2, 0.25) is 0 Å².